The van der Waals surface area contributed by atoms with Crippen LogP contribution in [-0.4, -0.2) is 29.4 Å². The molecule has 0 saturated heterocycles. The van der Waals surface area contributed by atoms with Crippen LogP contribution in [0, 0.1) is 0 Å². The normalized spacial score (nSPS) is 17.3. The van der Waals surface area contributed by atoms with Crippen molar-refractivity contribution in [1.29, 1.82) is 0 Å². The number of hydrogen-bond acceptors (Lipinski definition) is 4. The van der Waals surface area contributed by atoms with Crippen molar-refractivity contribution in [3.05, 3.63) is 47.2 Å². The van der Waals surface area contributed by atoms with E-state index in [0.717, 1.165) is 11.3 Å². The molecule has 0 fully saturated rings. The lowest BCUT2D eigenvalue weighted by Crippen LogP contribution is -2.51. The summed E-state index contributed by atoms with van der Waals surface area (Å²) in [7, 11) is 0. The molecule has 25 heavy (non-hydrogen) atoms. The van der Waals surface area contributed by atoms with Crippen molar-refractivity contribution < 1.29 is 19.1 Å². The molecular formula is C19H24N2O4. The number of unbranched alkanes of at least 4 members (excludes halogenated alkanes) is 1. The number of esters is 1. The zero-order chi connectivity index (χ0) is 18.4. The van der Waals surface area contributed by atoms with Gasteiger partial charge in [-0.3, -0.25) is 9.69 Å². The van der Waals surface area contributed by atoms with Gasteiger partial charge in [0.2, 0.25) is 5.91 Å². The van der Waals surface area contributed by atoms with Crippen molar-refractivity contribution in [2.45, 2.75) is 46.1 Å². The molecule has 1 aliphatic rings. The quantitative estimate of drug-likeness (QED) is 0.803. The number of nitrogens with zero attached hydrogens (tertiary/aromatic N) is 1. The molecule has 6 heteroatoms. The highest BCUT2D eigenvalue weighted by atomic mass is 16.5. The van der Waals surface area contributed by atoms with Crippen LogP contribution in [0.1, 0.15) is 51.6 Å². The second-order valence-corrected chi connectivity index (χ2v) is 5.87. The molecule has 0 bridgehead atoms. The Kier molecular flexibility index (Phi) is 6.33. The van der Waals surface area contributed by atoms with Crippen LogP contribution in [0.2, 0.25) is 0 Å². The number of nitrogens with one attached hydrogen (secondary N) is 1. The Morgan fingerprint density at radius 3 is 2.48 bits per heavy atom. The molecule has 134 valence electrons. The summed E-state index contributed by atoms with van der Waals surface area (Å²) in [5.74, 6) is -0.829. The van der Waals surface area contributed by atoms with Crippen LogP contribution in [0.25, 0.3) is 0 Å². The van der Waals surface area contributed by atoms with E-state index in [1.165, 1.54) is 0 Å². The molecule has 2 rings (SSSR count). The lowest BCUT2D eigenvalue weighted by molar-refractivity contribution is -0.140. The molecule has 0 aliphatic carbocycles. The minimum Gasteiger partial charge on any atom is -0.463 e. The van der Waals surface area contributed by atoms with Gasteiger partial charge < -0.3 is 10.1 Å². The standard InChI is InChI=1S/C19H24N2O4/c1-4-6-12-15(22)21-17(14-10-8-7-9-11-14)16(18(23)25-5-2)13(3)20-19(21)24/h7-11,17H,4-6,12H2,1-3H3,(H,20,24). The molecule has 0 saturated carbocycles. The number of ether oxygens (including phenoxy) is 1. The number of carbonyl (C=O) groups excluding carboxylic acids is 3. The van der Waals surface area contributed by atoms with Crippen molar-refractivity contribution >= 4 is 17.9 Å². The van der Waals surface area contributed by atoms with E-state index in [2.05, 4.69) is 5.32 Å². The summed E-state index contributed by atoms with van der Waals surface area (Å²) in [5, 5.41) is 2.62. The molecule has 1 N–H and O–H groups in total. The molecule has 1 aromatic carbocycles. The predicted molar refractivity (Wildman–Crippen MR) is 93.4 cm³/mol. The third-order valence-corrected chi connectivity index (χ3v) is 4.07. The average Bonchev–Trinajstić information content (AvgIpc) is 2.59. The van der Waals surface area contributed by atoms with Crippen LogP contribution in [0.3, 0.4) is 0 Å². The van der Waals surface area contributed by atoms with Crippen LogP contribution in [0.5, 0.6) is 0 Å². The molecule has 6 nitrogen and oxygen atoms in total. The molecule has 1 aliphatic heterocycles. The topological polar surface area (TPSA) is 75.7 Å². The Labute approximate surface area is 147 Å². The number of amides is 3. The van der Waals surface area contributed by atoms with Gasteiger partial charge in [0.1, 0.15) is 6.04 Å². The van der Waals surface area contributed by atoms with Crippen molar-refractivity contribution in [3.8, 4) is 0 Å². The van der Waals surface area contributed by atoms with Crippen LogP contribution in [0.15, 0.2) is 41.6 Å². The monoisotopic (exact) mass is 344 g/mol. The maximum absolute atomic E-state index is 12.7. The van der Waals surface area contributed by atoms with E-state index < -0.39 is 18.0 Å². The van der Waals surface area contributed by atoms with Gasteiger partial charge in [0.05, 0.1) is 12.2 Å². The highest BCUT2D eigenvalue weighted by Crippen LogP contribution is 2.34. The van der Waals surface area contributed by atoms with Crippen LogP contribution >= 0.6 is 0 Å². The molecule has 1 unspecified atom stereocenters. The van der Waals surface area contributed by atoms with Crippen LogP contribution < -0.4 is 5.32 Å². The van der Waals surface area contributed by atoms with E-state index in [1.54, 1.807) is 26.0 Å². The van der Waals surface area contributed by atoms with Crippen molar-refractivity contribution in [2.24, 2.45) is 0 Å². The van der Waals surface area contributed by atoms with Gasteiger partial charge in [-0.1, -0.05) is 43.7 Å². The summed E-state index contributed by atoms with van der Waals surface area (Å²) in [5.41, 5.74) is 1.40. The summed E-state index contributed by atoms with van der Waals surface area (Å²) in [6, 6.07) is 7.78. The maximum atomic E-state index is 12.7. The highest BCUT2D eigenvalue weighted by Gasteiger charge is 2.41. The highest BCUT2D eigenvalue weighted by molar-refractivity contribution is 6.02. The van der Waals surface area contributed by atoms with Crippen molar-refractivity contribution in [3.63, 3.8) is 0 Å². The molecular weight excluding hydrogens is 320 g/mol. The van der Waals surface area contributed by atoms with Gasteiger partial charge >= 0.3 is 12.0 Å². The molecule has 0 radical (unpaired) electrons. The molecule has 1 aromatic rings. The molecule has 0 spiro atoms. The molecule has 0 aromatic heterocycles. The fraction of sp³-hybridized carbons (Fsp3) is 0.421. The van der Waals surface area contributed by atoms with Gasteiger partial charge in [-0.25, -0.2) is 9.59 Å². The first kappa shape index (κ1) is 18.7. The van der Waals surface area contributed by atoms with Crippen molar-refractivity contribution in [1.82, 2.24) is 10.2 Å². The fourth-order valence-corrected chi connectivity index (χ4v) is 2.87. The number of imide groups is 1. The Bertz CT molecular complexity index is 682. The van der Waals surface area contributed by atoms with Crippen molar-refractivity contribution in [2.75, 3.05) is 6.61 Å². The smallest absolute Gasteiger partial charge is 0.338 e. The third kappa shape index (κ3) is 4.07. The zero-order valence-corrected chi connectivity index (χ0v) is 14.9. The second-order valence-electron chi connectivity index (χ2n) is 5.87. The summed E-state index contributed by atoms with van der Waals surface area (Å²) in [4.78, 5) is 38.9. The maximum Gasteiger partial charge on any atom is 0.338 e. The van der Waals surface area contributed by atoms with E-state index in [1.807, 2.05) is 25.1 Å². The summed E-state index contributed by atoms with van der Waals surface area (Å²) >= 11 is 0. The Morgan fingerprint density at radius 1 is 1.20 bits per heavy atom. The van der Waals surface area contributed by atoms with Gasteiger partial charge in [-0.15, -0.1) is 0 Å². The van der Waals surface area contributed by atoms with E-state index in [4.69, 9.17) is 4.74 Å². The predicted octanol–water partition coefficient (Wildman–Crippen LogP) is 3.31. The van der Waals surface area contributed by atoms with E-state index in [0.29, 0.717) is 17.7 Å². The van der Waals surface area contributed by atoms with E-state index in [9.17, 15) is 14.4 Å². The number of benzene rings is 1. The van der Waals surface area contributed by atoms with Gasteiger partial charge in [0.25, 0.3) is 0 Å². The number of carbonyl (C=O) groups is 3. The minimum absolute atomic E-state index is 0.217. The SMILES string of the molecule is CCCCC(=O)N1C(=O)NC(C)=C(C(=O)OCC)C1c1ccccc1. The lowest BCUT2D eigenvalue weighted by Gasteiger charge is -2.36. The Hall–Kier alpha value is -2.63. The van der Waals surface area contributed by atoms with Crippen LogP contribution in [-0.2, 0) is 14.3 Å². The molecule has 1 atom stereocenters. The number of urea groups is 1. The first-order valence-electron chi connectivity index (χ1n) is 8.57. The molecule has 1 heterocycles. The van der Waals surface area contributed by atoms with Gasteiger partial charge in [0, 0.05) is 12.1 Å². The second kappa shape index (κ2) is 8.46. The summed E-state index contributed by atoms with van der Waals surface area (Å²) in [6.07, 6.45) is 1.78. The fourth-order valence-electron chi connectivity index (χ4n) is 2.87. The van der Waals surface area contributed by atoms with E-state index >= 15 is 0 Å². The van der Waals surface area contributed by atoms with E-state index in [-0.39, 0.29) is 24.5 Å². The van der Waals surface area contributed by atoms with Gasteiger partial charge in [-0.2, -0.15) is 0 Å². The first-order valence-corrected chi connectivity index (χ1v) is 8.57. The number of hydrogen-bond donors (Lipinski definition) is 1. The Morgan fingerprint density at radius 2 is 1.88 bits per heavy atom. The third-order valence-electron chi connectivity index (χ3n) is 4.07. The summed E-state index contributed by atoms with van der Waals surface area (Å²) in [6.45, 7) is 5.56. The first-order chi connectivity index (χ1) is 12.0. The van der Waals surface area contributed by atoms with Crippen LogP contribution in [0.4, 0.5) is 4.79 Å². The minimum atomic E-state index is -0.779. The Balaban J connectivity index is 2.52. The largest absolute Gasteiger partial charge is 0.463 e. The number of allylic oxidation sites excluding steroid dienone is 1. The lowest BCUT2D eigenvalue weighted by atomic mass is 9.93. The zero-order valence-electron chi connectivity index (χ0n) is 14.9. The average molecular weight is 344 g/mol. The van der Waals surface area contributed by atoms with Gasteiger partial charge in [-0.05, 0) is 25.8 Å². The number of rotatable bonds is 6. The summed E-state index contributed by atoms with van der Waals surface area (Å²) < 4.78 is 5.16. The molecule has 3 amide bonds. The van der Waals surface area contributed by atoms with Gasteiger partial charge in [0.15, 0.2) is 0 Å².